The van der Waals surface area contributed by atoms with Crippen LogP contribution in [-0.2, 0) is 32.7 Å². The molecule has 0 aromatic heterocycles. The first kappa shape index (κ1) is 14.9. The molecule has 0 N–H and O–H groups in total. The van der Waals surface area contributed by atoms with Crippen LogP contribution < -0.4 is 0 Å². The Hall–Kier alpha value is 0.794. The van der Waals surface area contributed by atoms with E-state index in [1.54, 1.807) is 0 Å². The van der Waals surface area contributed by atoms with Crippen molar-refractivity contribution in [1.82, 2.24) is 0 Å². The van der Waals surface area contributed by atoms with E-state index >= 15 is 0 Å². The number of benzene rings is 2. The summed E-state index contributed by atoms with van der Waals surface area (Å²) in [6, 6.07) is 15.7. The molecule has 0 saturated heterocycles. The molecule has 4 heteroatoms. The van der Waals surface area contributed by atoms with Crippen LogP contribution in [0, 0.1) is 12.1 Å². The summed E-state index contributed by atoms with van der Waals surface area (Å²) in [7, 11) is 0. The van der Waals surface area contributed by atoms with Crippen LogP contribution in [0.3, 0.4) is 0 Å². The van der Waals surface area contributed by atoms with Crippen LogP contribution in [-0.4, -0.2) is 0 Å². The van der Waals surface area contributed by atoms with Crippen molar-refractivity contribution in [3.8, 4) is 11.1 Å². The van der Waals surface area contributed by atoms with Gasteiger partial charge in [-0.2, -0.15) is 35.9 Å². The molecule has 0 bridgehead atoms. The summed E-state index contributed by atoms with van der Waals surface area (Å²) in [5.74, 6) is 0. The second-order valence-electron chi connectivity index (χ2n) is 2.95. The average molecular weight is 433 g/mol. The molecule has 0 fully saturated rings. The molecule has 0 aliphatic rings. The Morgan fingerprint density at radius 3 is 2.56 bits per heavy atom. The second-order valence-corrected chi connectivity index (χ2v) is 5.13. The van der Waals surface area contributed by atoms with Crippen LogP contribution in [0.5, 0.6) is 0 Å². The third kappa shape index (κ3) is 3.64. The maximum absolute atomic E-state index is 6.08. The average Bonchev–Trinajstić information content (AvgIpc) is 2.16. The Morgan fingerprint density at radius 2 is 1.94 bits per heavy atom. The van der Waals surface area contributed by atoms with Gasteiger partial charge in [-0.25, -0.2) is 11.1 Å². The number of hydrogen-bond acceptors (Lipinski definition) is 0. The molecule has 0 amide bonds. The summed E-state index contributed by atoms with van der Waals surface area (Å²) in [4.78, 5) is 0. The van der Waals surface area contributed by atoms with Gasteiger partial charge in [0.25, 0.3) is 0 Å². The van der Waals surface area contributed by atoms with E-state index in [0.717, 1.165) is 20.1 Å². The molecule has 0 aliphatic carbocycles. The van der Waals surface area contributed by atoms with Crippen molar-refractivity contribution in [3.63, 3.8) is 0 Å². The van der Waals surface area contributed by atoms with Crippen molar-refractivity contribution in [2.75, 3.05) is 0 Å². The largest absolute Gasteiger partial charge is 0.223 e. The normalized spacial score (nSPS) is 9.69. The molecule has 0 atom stereocenters. The van der Waals surface area contributed by atoms with Gasteiger partial charge in [0, 0.05) is 32.7 Å². The predicted octanol–water partition coefficient (Wildman–Crippen LogP) is 5.13. The summed E-state index contributed by atoms with van der Waals surface area (Å²) in [5.41, 5.74) is 1.78. The van der Waals surface area contributed by atoms with E-state index in [9.17, 15) is 0 Å². The quantitative estimate of drug-likeness (QED) is 0.547. The van der Waals surface area contributed by atoms with Gasteiger partial charge in [0.1, 0.15) is 0 Å². The smallest absolute Gasteiger partial charge is 0 e. The molecule has 0 aliphatic heterocycles. The first-order valence-corrected chi connectivity index (χ1v) is 6.18. The molecule has 0 saturated carbocycles. The summed E-state index contributed by atoms with van der Waals surface area (Å²) in [6.07, 6.45) is 0. The fraction of sp³-hybridized carbons (Fsp3) is 0. The Kier molecular flexibility index (Phi) is 6.18. The summed E-state index contributed by atoms with van der Waals surface area (Å²) < 4.78 is 1.87. The number of rotatable bonds is 1. The first-order valence-electron chi connectivity index (χ1n) is 4.22. The number of hydrogen-bond donors (Lipinski definition) is 0. The maximum atomic E-state index is 6.08. The fourth-order valence-electron chi connectivity index (χ4n) is 1.26. The molecular formula is C12H5Br2ClY-2. The molecule has 2 aromatic rings. The van der Waals surface area contributed by atoms with Crippen LogP contribution in [0.4, 0.5) is 0 Å². The Bertz CT molecular complexity index is 480. The standard InChI is InChI=1S/C12H5Br2Cl.Y/c13-9-5-8(6-10(14)7-9)11-3-1-2-4-12(11)15;/h1-2,4-5,7H;/q-2;. The van der Waals surface area contributed by atoms with E-state index in [0.29, 0.717) is 5.02 Å². The van der Waals surface area contributed by atoms with Crippen LogP contribution in [0.15, 0.2) is 39.3 Å². The molecule has 2 aromatic carbocycles. The van der Waals surface area contributed by atoms with E-state index in [2.05, 4.69) is 44.0 Å². The van der Waals surface area contributed by atoms with Crippen LogP contribution in [0.1, 0.15) is 0 Å². The molecule has 0 nitrogen and oxygen atoms in total. The van der Waals surface area contributed by atoms with Gasteiger partial charge in [-0.3, -0.25) is 0 Å². The molecule has 2 rings (SSSR count). The Labute approximate surface area is 142 Å². The molecule has 16 heavy (non-hydrogen) atoms. The van der Waals surface area contributed by atoms with E-state index in [4.69, 9.17) is 11.6 Å². The van der Waals surface area contributed by atoms with Crippen molar-refractivity contribution >= 4 is 43.5 Å². The third-order valence-corrected chi connectivity index (χ3v) is 3.08. The minimum Gasteiger partial charge on any atom is -0.223 e. The summed E-state index contributed by atoms with van der Waals surface area (Å²) in [6.45, 7) is 0. The predicted molar refractivity (Wildman–Crippen MR) is 70.0 cm³/mol. The van der Waals surface area contributed by atoms with Gasteiger partial charge in [0.2, 0.25) is 0 Å². The molecule has 0 heterocycles. The zero-order chi connectivity index (χ0) is 10.8. The SMILES string of the molecule is Clc1ccc[c-]c1-c1[c-]c(Br)cc(Br)c1.[Y]. The minimum absolute atomic E-state index is 0. The zero-order valence-electron chi connectivity index (χ0n) is 8.10. The van der Waals surface area contributed by atoms with Gasteiger partial charge < -0.3 is 0 Å². The van der Waals surface area contributed by atoms with Crippen molar-refractivity contribution in [1.29, 1.82) is 0 Å². The van der Waals surface area contributed by atoms with Gasteiger partial charge >= 0.3 is 0 Å². The molecule has 1 radical (unpaired) electrons. The van der Waals surface area contributed by atoms with Crippen molar-refractivity contribution in [3.05, 3.63) is 56.4 Å². The maximum Gasteiger partial charge on any atom is 0 e. The van der Waals surface area contributed by atoms with Gasteiger partial charge in [-0.1, -0.05) is 45.8 Å². The van der Waals surface area contributed by atoms with E-state index < -0.39 is 0 Å². The van der Waals surface area contributed by atoms with E-state index in [1.807, 2.05) is 30.3 Å². The summed E-state index contributed by atoms with van der Waals surface area (Å²) >= 11 is 12.9. The second kappa shape index (κ2) is 6.65. The van der Waals surface area contributed by atoms with Gasteiger partial charge in [0.15, 0.2) is 0 Å². The van der Waals surface area contributed by atoms with Gasteiger partial charge in [-0.05, 0) is 0 Å². The Balaban J connectivity index is 0.00000128. The van der Waals surface area contributed by atoms with Gasteiger partial charge in [0.05, 0.1) is 0 Å². The minimum atomic E-state index is 0. The number of halogens is 3. The topological polar surface area (TPSA) is 0 Å². The molecule has 0 unspecified atom stereocenters. The fourth-order valence-corrected chi connectivity index (χ4v) is 2.71. The zero-order valence-corrected chi connectivity index (χ0v) is 14.9. The van der Waals surface area contributed by atoms with E-state index in [-0.39, 0.29) is 32.7 Å². The Morgan fingerprint density at radius 1 is 1.19 bits per heavy atom. The van der Waals surface area contributed by atoms with Crippen LogP contribution >= 0.6 is 43.5 Å². The van der Waals surface area contributed by atoms with Gasteiger partial charge in [-0.15, -0.1) is 18.2 Å². The molecular weight excluding hydrogens is 428 g/mol. The van der Waals surface area contributed by atoms with Crippen molar-refractivity contribution in [2.24, 2.45) is 0 Å². The first-order chi connectivity index (χ1) is 7.16. The van der Waals surface area contributed by atoms with Crippen LogP contribution in [0.25, 0.3) is 11.1 Å². The summed E-state index contributed by atoms with van der Waals surface area (Å²) in [5, 5.41) is 0.679. The van der Waals surface area contributed by atoms with Crippen molar-refractivity contribution in [2.45, 2.75) is 0 Å². The molecule has 0 spiro atoms. The van der Waals surface area contributed by atoms with Crippen LogP contribution in [0.2, 0.25) is 5.02 Å². The van der Waals surface area contributed by atoms with Crippen molar-refractivity contribution < 1.29 is 32.7 Å². The third-order valence-electron chi connectivity index (χ3n) is 1.88. The monoisotopic (exact) mass is 431 g/mol. The molecule has 79 valence electrons. The van der Waals surface area contributed by atoms with E-state index in [1.165, 1.54) is 0 Å².